The fourth-order valence-electron chi connectivity index (χ4n) is 1.85. The molecule has 1 heterocycles. The second kappa shape index (κ2) is 6.11. The standard InChI is InChI=1S/C13H14BrNO3/c14-9-12(16)10-2-1-3-11(8-10)13(17)15-4-6-18-7-5-15/h1-3,8H,4-7,9H2. The third-order valence-electron chi connectivity index (χ3n) is 2.85. The first-order valence-electron chi connectivity index (χ1n) is 5.78. The molecule has 0 atom stereocenters. The monoisotopic (exact) mass is 311 g/mol. The summed E-state index contributed by atoms with van der Waals surface area (Å²) < 4.78 is 5.21. The maximum Gasteiger partial charge on any atom is 0.254 e. The Morgan fingerprint density at radius 2 is 1.89 bits per heavy atom. The summed E-state index contributed by atoms with van der Waals surface area (Å²) in [7, 11) is 0. The van der Waals surface area contributed by atoms with Crippen molar-refractivity contribution in [2.24, 2.45) is 0 Å². The maximum absolute atomic E-state index is 12.2. The van der Waals surface area contributed by atoms with E-state index >= 15 is 0 Å². The Hall–Kier alpha value is -1.20. The Morgan fingerprint density at radius 1 is 1.22 bits per heavy atom. The largest absolute Gasteiger partial charge is 0.378 e. The molecule has 5 heteroatoms. The summed E-state index contributed by atoms with van der Waals surface area (Å²) in [6.45, 7) is 2.36. The van der Waals surface area contributed by atoms with Crippen molar-refractivity contribution in [3.05, 3.63) is 35.4 Å². The van der Waals surface area contributed by atoms with Crippen LogP contribution >= 0.6 is 15.9 Å². The van der Waals surface area contributed by atoms with Crippen LogP contribution in [-0.4, -0.2) is 48.2 Å². The number of Topliss-reactive ketones (excluding diaryl/α,β-unsaturated/α-hetero) is 1. The van der Waals surface area contributed by atoms with Gasteiger partial charge in [0.1, 0.15) is 0 Å². The smallest absolute Gasteiger partial charge is 0.254 e. The predicted molar refractivity (Wildman–Crippen MR) is 71.3 cm³/mol. The van der Waals surface area contributed by atoms with Gasteiger partial charge >= 0.3 is 0 Å². The van der Waals surface area contributed by atoms with E-state index in [9.17, 15) is 9.59 Å². The molecule has 0 N–H and O–H groups in total. The predicted octanol–water partition coefficient (Wildman–Crippen LogP) is 1.74. The molecular weight excluding hydrogens is 298 g/mol. The number of ether oxygens (including phenoxy) is 1. The van der Waals surface area contributed by atoms with Crippen molar-refractivity contribution in [3.63, 3.8) is 0 Å². The van der Waals surface area contributed by atoms with Crippen LogP contribution in [0.4, 0.5) is 0 Å². The lowest BCUT2D eigenvalue weighted by Crippen LogP contribution is -2.40. The van der Waals surface area contributed by atoms with Gasteiger partial charge in [-0.25, -0.2) is 0 Å². The lowest BCUT2D eigenvalue weighted by atomic mass is 10.1. The zero-order chi connectivity index (χ0) is 13.0. The Kier molecular flexibility index (Phi) is 4.49. The van der Waals surface area contributed by atoms with Gasteiger partial charge < -0.3 is 9.64 Å². The van der Waals surface area contributed by atoms with Crippen molar-refractivity contribution in [1.82, 2.24) is 4.90 Å². The fraction of sp³-hybridized carbons (Fsp3) is 0.385. The third-order valence-corrected chi connectivity index (χ3v) is 3.36. The van der Waals surface area contributed by atoms with Gasteiger partial charge in [0.25, 0.3) is 5.91 Å². The van der Waals surface area contributed by atoms with Crippen molar-refractivity contribution in [3.8, 4) is 0 Å². The van der Waals surface area contributed by atoms with Gasteiger partial charge in [-0.15, -0.1) is 0 Å². The van der Waals surface area contributed by atoms with E-state index in [1.54, 1.807) is 29.2 Å². The summed E-state index contributed by atoms with van der Waals surface area (Å²) in [6, 6.07) is 6.85. The molecule has 1 fully saturated rings. The van der Waals surface area contributed by atoms with Crippen molar-refractivity contribution >= 4 is 27.6 Å². The van der Waals surface area contributed by atoms with Gasteiger partial charge in [-0.2, -0.15) is 0 Å². The number of rotatable bonds is 3. The molecule has 0 saturated carbocycles. The van der Waals surface area contributed by atoms with Gasteiger partial charge in [0, 0.05) is 24.2 Å². The molecule has 0 spiro atoms. The molecule has 1 aliphatic heterocycles. The molecule has 0 aromatic heterocycles. The minimum Gasteiger partial charge on any atom is -0.378 e. The van der Waals surface area contributed by atoms with Gasteiger partial charge in [0.15, 0.2) is 5.78 Å². The van der Waals surface area contributed by atoms with Crippen LogP contribution in [0.3, 0.4) is 0 Å². The average molecular weight is 312 g/mol. The van der Waals surface area contributed by atoms with Gasteiger partial charge in [-0.1, -0.05) is 28.1 Å². The van der Waals surface area contributed by atoms with Crippen LogP contribution in [0.2, 0.25) is 0 Å². The Labute approximate surface area is 114 Å². The van der Waals surface area contributed by atoms with Crippen molar-refractivity contribution in [2.45, 2.75) is 0 Å². The Balaban J connectivity index is 2.17. The molecule has 2 rings (SSSR count). The normalized spacial score (nSPS) is 15.5. The van der Waals surface area contributed by atoms with Crippen molar-refractivity contribution in [2.75, 3.05) is 31.6 Å². The van der Waals surface area contributed by atoms with Crippen molar-refractivity contribution in [1.29, 1.82) is 0 Å². The SMILES string of the molecule is O=C(CBr)c1cccc(C(=O)N2CCOCC2)c1. The number of amides is 1. The first-order chi connectivity index (χ1) is 8.72. The molecule has 1 aromatic carbocycles. The summed E-state index contributed by atoms with van der Waals surface area (Å²) in [5.74, 6) is -0.0610. The number of carbonyl (C=O) groups excluding carboxylic acids is 2. The van der Waals surface area contributed by atoms with Gasteiger partial charge in [0.2, 0.25) is 0 Å². The minimum atomic E-state index is -0.0393. The number of hydrogen-bond donors (Lipinski definition) is 0. The number of ketones is 1. The number of nitrogens with zero attached hydrogens (tertiary/aromatic N) is 1. The van der Waals surface area contributed by atoms with E-state index in [0.717, 1.165) is 0 Å². The van der Waals surface area contributed by atoms with E-state index in [1.165, 1.54) is 0 Å². The van der Waals surface area contributed by atoms with Crippen LogP contribution < -0.4 is 0 Å². The number of hydrogen-bond acceptors (Lipinski definition) is 3. The van der Waals surface area contributed by atoms with E-state index in [-0.39, 0.29) is 17.0 Å². The molecule has 4 nitrogen and oxygen atoms in total. The molecular formula is C13H14BrNO3. The molecule has 96 valence electrons. The lowest BCUT2D eigenvalue weighted by molar-refractivity contribution is 0.0303. The molecule has 1 saturated heterocycles. The Morgan fingerprint density at radius 3 is 2.56 bits per heavy atom. The second-order valence-electron chi connectivity index (χ2n) is 4.04. The zero-order valence-electron chi connectivity index (χ0n) is 9.89. The highest BCUT2D eigenvalue weighted by Gasteiger charge is 2.19. The third kappa shape index (κ3) is 2.97. The number of morpholine rings is 1. The molecule has 0 radical (unpaired) electrons. The summed E-state index contributed by atoms with van der Waals surface area (Å²) in [5, 5.41) is 0.266. The van der Waals surface area contributed by atoms with Gasteiger partial charge in [-0.05, 0) is 12.1 Å². The highest BCUT2D eigenvalue weighted by atomic mass is 79.9. The molecule has 0 aliphatic carbocycles. The first kappa shape index (κ1) is 13.2. The summed E-state index contributed by atoms with van der Waals surface area (Å²) in [5.41, 5.74) is 1.12. The average Bonchev–Trinajstić information content (AvgIpc) is 2.46. The van der Waals surface area contributed by atoms with Crippen LogP contribution in [0.1, 0.15) is 20.7 Å². The maximum atomic E-state index is 12.2. The number of alkyl halides is 1. The number of carbonyl (C=O) groups is 2. The quantitative estimate of drug-likeness (QED) is 0.631. The molecule has 1 aliphatic rings. The van der Waals surface area contributed by atoms with Gasteiger partial charge in [-0.3, -0.25) is 9.59 Å². The van der Waals surface area contributed by atoms with E-state index < -0.39 is 0 Å². The van der Waals surface area contributed by atoms with Crippen LogP contribution in [0.5, 0.6) is 0 Å². The van der Waals surface area contributed by atoms with E-state index in [4.69, 9.17) is 4.74 Å². The van der Waals surface area contributed by atoms with Crippen molar-refractivity contribution < 1.29 is 14.3 Å². The molecule has 1 aromatic rings. The van der Waals surface area contributed by atoms with Gasteiger partial charge in [0.05, 0.1) is 18.5 Å². The number of benzene rings is 1. The minimum absolute atomic E-state index is 0.0216. The van der Waals surface area contributed by atoms with Crippen LogP contribution in [0.15, 0.2) is 24.3 Å². The second-order valence-corrected chi connectivity index (χ2v) is 4.60. The highest BCUT2D eigenvalue weighted by Crippen LogP contribution is 2.11. The van der Waals surface area contributed by atoms with Crippen LogP contribution in [-0.2, 0) is 4.74 Å². The molecule has 0 unspecified atom stereocenters. The highest BCUT2D eigenvalue weighted by molar-refractivity contribution is 9.09. The fourth-order valence-corrected chi connectivity index (χ4v) is 2.18. The number of halogens is 1. The Bertz CT molecular complexity index is 455. The van der Waals surface area contributed by atoms with E-state index in [0.29, 0.717) is 37.4 Å². The lowest BCUT2D eigenvalue weighted by Gasteiger charge is -2.26. The van der Waals surface area contributed by atoms with Crippen LogP contribution in [0.25, 0.3) is 0 Å². The molecule has 18 heavy (non-hydrogen) atoms. The van der Waals surface area contributed by atoms with E-state index in [2.05, 4.69) is 15.9 Å². The molecule has 1 amide bonds. The summed E-state index contributed by atoms with van der Waals surface area (Å²) in [6.07, 6.45) is 0. The summed E-state index contributed by atoms with van der Waals surface area (Å²) in [4.78, 5) is 25.5. The zero-order valence-corrected chi connectivity index (χ0v) is 11.5. The summed E-state index contributed by atoms with van der Waals surface area (Å²) >= 11 is 3.13. The van der Waals surface area contributed by atoms with E-state index in [1.807, 2.05) is 0 Å². The van der Waals surface area contributed by atoms with Crippen LogP contribution in [0, 0.1) is 0 Å². The first-order valence-corrected chi connectivity index (χ1v) is 6.91. The molecule has 0 bridgehead atoms. The topological polar surface area (TPSA) is 46.6 Å².